The molecule has 0 spiro atoms. The molecule has 2 heteroatoms. The lowest BCUT2D eigenvalue weighted by Gasteiger charge is -2.09. The molecule has 14 heavy (non-hydrogen) atoms. The number of thioether (sulfide) groups is 1. The summed E-state index contributed by atoms with van der Waals surface area (Å²) < 4.78 is 0. The minimum Gasteiger partial charge on any atom is -0.324 e. The van der Waals surface area contributed by atoms with Crippen LogP contribution in [-0.4, -0.2) is 6.26 Å². The van der Waals surface area contributed by atoms with Crippen molar-refractivity contribution in [3.05, 3.63) is 41.5 Å². The molecular formula is C12H17NS. The third-order valence-electron chi connectivity index (χ3n) is 2.18. The lowest BCUT2D eigenvalue weighted by atomic mass is 10.1. The second-order valence-electron chi connectivity index (χ2n) is 3.27. The standard InChI is InChI=1S/C12H17NS/c1-4-12(14-3)11-7-5-6-10(8-11)9(2)13/h4-9H,13H2,1-3H3/b12-4-. The van der Waals surface area contributed by atoms with Gasteiger partial charge in [0.15, 0.2) is 0 Å². The zero-order chi connectivity index (χ0) is 10.6. The van der Waals surface area contributed by atoms with E-state index < -0.39 is 0 Å². The average Bonchev–Trinajstić information content (AvgIpc) is 2.20. The smallest absolute Gasteiger partial charge is 0.0266 e. The van der Waals surface area contributed by atoms with E-state index in [4.69, 9.17) is 5.73 Å². The molecule has 2 N–H and O–H groups in total. The maximum absolute atomic E-state index is 5.84. The van der Waals surface area contributed by atoms with Crippen LogP contribution in [0.1, 0.15) is 31.0 Å². The van der Waals surface area contributed by atoms with Crippen LogP contribution in [0.5, 0.6) is 0 Å². The molecule has 76 valence electrons. The maximum atomic E-state index is 5.84. The van der Waals surface area contributed by atoms with E-state index in [9.17, 15) is 0 Å². The van der Waals surface area contributed by atoms with Gasteiger partial charge in [0.1, 0.15) is 0 Å². The number of nitrogens with two attached hydrogens (primary N) is 1. The van der Waals surface area contributed by atoms with Crippen molar-refractivity contribution in [2.24, 2.45) is 5.73 Å². The molecule has 0 aliphatic heterocycles. The normalized spacial score (nSPS) is 14.1. The highest BCUT2D eigenvalue weighted by Gasteiger charge is 2.02. The molecule has 0 amide bonds. The van der Waals surface area contributed by atoms with Crippen molar-refractivity contribution >= 4 is 16.7 Å². The van der Waals surface area contributed by atoms with Gasteiger partial charge in [0.25, 0.3) is 0 Å². The van der Waals surface area contributed by atoms with Crippen LogP contribution in [-0.2, 0) is 0 Å². The van der Waals surface area contributed by atoms with E-state index >= 15 is 0 Å². The summed E-state index contributed by atoms with van der Waals surface area (Å²) >= 11 is 1.76. The summed E-state index contributed by atoms with van der Waals surface area (Å²) in [6, 6.07) is 8.53. The second kappa shape index (κ2) is 5.23. The summed E-state index contributed by atoms with van der Waals surface area (Å²) in [6.45, 7) is 4.07. The predicted octanol–water partition coefficient (Wildman–Crippen LogP) is 3.43. The fourth-order valence-electron chi connectivity index (χ4n) is 1.38. The highest BCUT2D eigenvalue weighted by atomic mass is 32.2. The van der Waals surface area contributed by atoms with Gasteiger partial charge in [0, 0.05) is 10.9 Å². The fraction of sp³-hybridized carbons (Fsp3) is 0.333. The van der Waals surface area contributed by atoms with E-state index in [1.807, 2.05) is 6.92 Å². The number of benzene rings is 1. The molecule has 1 nitrogen and oxygen atoms in total. The van der Waals surface area contributed by atoms with Gasteiger partial charge >= 0.3 is 0 Å². The van der Waals surface area contributed by atoms with Crippen LogP contribution in [0.2, 0.25) is 0 Å². The monoisotopic (exact) mass is 207 g/mol. The van der Waals surface area contributed by atoms with Crippen molar-refractivity contribution in [2.45, 2.75) is 19.9 Å². The van der Waals surface area contributed by atoms with E-state index in [1.165, 1.54) is 16.0 Å². The zero-order valence-electron chi connectivity index (χ0n) is 8.95. The van der Waals surface area contributed by atoms with Gasteiger partial charge in [-0.15, -0.1) is 11.8 Å². The molecule has 0 aromatic heterocycles. The molecule has 1 atom stereocenters. The van der Waals surface area contributed by atoms with Gasteiger partial charge in [-0.1, -0.05) is 24.3 Å². The molecule has 0 bridgehead atoms. The highest BCUT2D eigenvalue weighted by molar-refractivity contribution is 8.07. The summed E-state index contributed by atoms with van der Waals surface area (Å²) in [4.78, 5) is 1.30. The second-order valence-corrected chi connectivity index (χ2v) is 4.12. The number of hydrogen-bond acceptors (Lipinski definition) is 2. The lowest BCUT2D eigenvalue weighted by Crippen LogP contribution is -2.04. The third kappa shape index (κ3) is 2.63. The fourth-order valence-corrected chi connectivity index (χ4v) is 1.98. The lowest BCUT2D eigenvalue weighted by molar-refractivity contribution is 0.818. The minimum absolute atomic E-state index is 0.106. The van der Waals surface area contributed by atoms with Gasteiger partial charge < -0.3 is 5.73 Å². The van der Waals surface area contributed by atoms with Gasteiger partial charge in [-0.05, 0) is 37.3 Å². The Morgan fingerprint density at radius 2 is 2.21 bits per heavy atom. The number of allylic oxidation sites excluding steroid dienone is 1. The Morgan fingerprint density at radius 3 is 2.71 bits per heavy atom. The minimum atomic E-state index is 0.106. The van der Waals surface area contributed by atoms with E-state index in [2.05, 4.69) is 43.5 Å². The van der Waals surface area contributed by atoms with Gasteiger partial charge in [-0.2, -0.15) is 0 Å². The molecule has 0 heterocycles. The van der Waals surface area contributed by atoms with E-state index in [0.717, 1.165) is 0 Å². The number of hydrogen-bond donors (Lipinski definition) is 1. The van der Waals surface area contributed by atoms with Crippen molar-refractivity contribution in [1.82, 2.24) is 0 Å². The molecular weight excluding hydrogens is 190 g/mol. The van der Waals surface area contributed by atoms with E-state index in [0.29, 0.717) is 0 Å². The molecule has 1 aromatic rings. The Hall–Kier alpha value is -0.730. The SMILES string of the molecule is C/C=C(\SC)c1cccc(C(C)N)c1. The average molecular weight is 207 g/mol. The molecule has 1 rings (SSSR count). The Morgan fingerprint density at radius 1 is 1.50 bits per heavy atom. The van der Waals surface area contributed by atoms with Crippen molar-refractivity contribution in [2.75, 3.05) is 6.26 Å². The summed E-state index contributed by atoms with van der Waals surface area (Å²) in [6.07, 6.45) is 4.22. The molecule has 0 saturated carbocycles. The first-order chi connectivity index (χ1) is 6.69. The molecule has 0 aliphatic carbocycles. The molecule has 0 saturated heterocycles. The van der Waals surface area contributed by atoms with E-state index in [-0.39, 0.29) is 6.04 Å². The van der Waals surface area contributed by atoms with Crippen LogP contribution < -0.4 is 5.73 Å². The summed E-state index contributed by atoms with van der Waals surface area (Å²) in [5, 5.41) is 0. The first-order valence-corrected chi connectivity index (χ1v) is 5.97. The van der Waals surface area contributed by atoms with Crippen LogP contribution in [0, 0.1) is 0 Å². The van der Waals surface area contributed by atoms with Crippen molar-refractivity contribution < 1.29 is 0 Å². The molecule has 0 aliphatic rings. The van der Waals surface area contributed by atoms with Crippen LogP contribution in [0.3, 0.4) is 0 Å². The molecule has 0 fully saturated rings. The van der Waals surface area contributed by atoms with Gasteiger partial charge in [0.05, 0.1) is 0 Å². The topological polar surface area (TPSA) is 26.0 Å². The molecule has 1 unspecified atom stereocenters. The van der Waals surface area contributed by atoms with Crippen molar-refractivity contribution in [1.29, 1.82) is 0 Å². The largest absolute Gasteiger partial charge is 0.324 e. The molecule has 0 radical (unpaired) electrons. The Bertz CT molecular complexity index is 329. The predicted molar refractivity (Wildman–Crippen MR) is 66.2 cm³/mol. The summed E-state index contributed by atoms with van der Waals surface area (Å²) in [5.41, 5.74) is 8.29. The van der Waals surface area contributed by atoms with Crippen molar-refractivity contribution in [3.63, 3.8) is 0 Å². The first kappa shape index (κ1) is 11.3. The first-order valence-electron chi connectivity index (χ1n) is 4.75. The highest BCUT2D eigenvalue weighted by Crippen LogP contribution is 2.26. The van der Waals surface area contributed by atoms with E-state index in [1.54, 1.807) is 11.8 Å². The van der Waals surface area contributed by atoms with Gasteiger partial charge in [-0.25, -0.2) is 0 Å². The van der Waals surface area contributed by atoms with Gasteiger partial charge in [-0.3, -0.25) is 0 Å². The van der Waals surface area contributed by atoms with Crippen LogP contribution in [0.25, 0.3) is 4.91 Å². The third-order valence-corrected chi connectivity index (χ3v) is 3.09. The quantitative estimate of drug-likeness (QED) is 0.821. The van der Waals surface area contributed by atoms with Crippen LogP contribution in [0.15, 0.2) is 30.3 Å². The van der Waals surface area contributed by atoms with Crippen molar-refractivity contribution in [3.8, 4) is 0 Å². The Balaban J connectivity index is 3.05. The summed E-state index contributed by atoms with van der Waals surface area (Å²) in [7, 11) is 0. The van der Waals surface area contributed by atoms with Crippen LogP contribution >= 0.6 is 11.8 Å². The number of rotatable bonds is 3. The Labute approximate surface area is 90.4 Å². The molecule has 1 aromatic carbocycles. The maximum Gasteiger partial charge on any atom is 0.0266 e. The summed E-state index contributed by atoms with van der Waals surface area (Å²) in [5.74, 6) is 0. The van der Waals surface area contributed by atoms with Crippen LogP contribution in [0.4, 0.5) is 0 Å². The van der Waals surface area contributed by atoms with Gasteiger partial charge in [0.2, 0.25) is 0 Å². The Kier molecular flexibility index (Phi) is 4.23. The zero-order valence-corrected chi connectivity index (χ0v) is 9.77.